The van der Waals surface area contributed by atoms with Gasteiger partial charge in [0, 0.05) is 26.2 Å². The zero-order chi connectivity index (χ0) is 13.8. The van der Waals surface area contributed by atoms with Crippen molar-refractivity contribution in [3.63, 3.8) is 0 Å². The highest BCUT2D eigenvalue weighted by Crippen LogP contribution is 2.12. The molecule has 1 aliphatic heterocycles. The average molecular weight is 265 g/mol. The van der Waals surface area contributed by atoms with Gasteiger partial charge in [0.15, 0.2) is 0 Å². The second-order valence-electron chi connectivity index (χ2n) is 4.36. The van der Waals surface area contributed by atoms with Gasteiger partial charge in [0.2, 0.25) is 5.91 Å². The first-order valence-corrected chi connectivity index (χ1v) is 6.15. The van der Waals surface area contributed by atoms with Gasteiger partial charge in [0.05, 0.1) is 12.1 Å². The van der Waals surface area contributed by atoms with E-state index in [0.717, 1.165) is 0 Å². The van der Waals surface area contributed by atoms with Crippen LogP contribution < -0.4 is 5.73 Å². The zero-order valence-electron chi connectivity index (χ0n) is 10.5. The minimum absolute atomic E-state index is 0.0265. The highest BCUT2D eigenvalue weighted by atomic mass is 19.1. The van der Waals surface area contributed by atoms with Crippen LogP contribution in [0.25, 0.3) is 0 Å². The second-order valence-corrected chi connectivity index (χ2v) is 4.36. The predicted molar refractivity (Wildman–Crippen MR) is 67.9 cm³/mol. The quantitative estimate of drug-likeness (QED) is 0.823. The van der Waals surface area contributed by atoms with Crippen LogP contribution in [0, 0.1) is 5.82 Å². The largest absolute Gasteiger partial charge is 0.338 e. The Balaban J connectivity index is 2.00. The summed E-state index contributed by atoms with van der Waals surface area (Å²) in [6.45, 7) is 1.66. The van der Waals surface area contributed by atoms with E-state index in [0.29, 0.717) is 26.2 Å². The minimum atomic E-state index is -0.520. The maximum Gasteiger partial charge on any atom is 0.256 e. The third-order valence-corrected chi connectivity index (χ3v) is 3.20. The smallest absolute Gasteiger partial charge is 0.256 e. The summed E-state index contributed by atoms with van der Waals surface area (Å²) in [5.74, 6) is -0.982. The van der Waals surface area contributed by atoms with Crippen LogP contribution in [0.1, 0.15) is 10.4 Å². The highest BCUT2D eigenvalue weighted by Gasteiger charge is 2.25. The third kappa shape index (κ3) is 2.90. The lowest BCUT2D eigenvalue weighted by Gasteiger charge is -2.34. The maximum absolute atomic E-state index is 13.5. The first-order valence-electron chi connectivity index (χ1n) is 6.15. The minimum Gasteiger partial charge on any atom is -0.338 e. The molecule has 5 nitrogen and oxygen atoms in total. The van der Waals surface area contributed by atoms with E-state index in [1.807, 2.05) is 0 Å². The summed E-state index contributed by atoms with van der Waals surface area (Å²) in [6, 6.07) is 5.91. The second kappa shape index (κ2) is 5.79. The number of carbonyl (C=O) groups excluding carboxylic acids is 2. The van der Waals surface area contributed by atoms with Crippen LogP contribution in [0.2, 0.25) is 0 Å². The Morgan fingerprint density at radius 1 is 1.11 bits per heavy atom. The zero-order valence-corrected chi connectivity index (χ0v) is 10.5. The van der Waals surface area contributed by atoms with E-state index in [9.17, 15) is 14.0 Å². The molecule has 1 heterocycles. The van der Waals surface area contributed by atoms with E-state index in [2.05, 4.69) is 0 Å². The predicted octanol–water partition coefficient (Wildman–Crippen LogP) is 0.0688. The van der Waals surface area contributed by atoms with Crippen LogP contribution in [0.3, 0.4) is 0 Å². The molecule has 2 rings (SSSR count). The van der Waals surface area contributed by atoms with Crippen LogP contribution in [0.5, 0.6) is 0 Å². The molecule has 0 atom stereocenters. The van der Waals surface area contributed by atoms with Crippen molar-refractivity contribution in [1.29, 1.82) is 0 Å². The van der Waals surface area contributed by atoms with Crippen LogP contribution in [-0.4, -0.2) is 54.3 Å². The first-order chi connectivity index (χ1) is 9.13. The molecule has 0 spiro atoms. The lowest BCUT2D eigenvalue weighted by atomic mass is 10.1. The highest BCUT2D eigenvalue weighted by molar-refractivity contribution is 5.94. The maximum atomic E-state index is 13.5. The van der Waals surface area contributed by atoms with E-state index in [-0.39, 0.29) is 23.9 Å². The molecule has 2 amide bonds. The van der Waals surface area contributed by atoms with Gasteiger partial charge in [-0.2, -0.15) is 0 Å². The number of hydrogen-bond acceptors (Lipinski definition) is 3. The molecule has 0 aliphatic carbocycles. The van der Waals surface area contributed by atoms with E-state index < -0.39 is 5.82 Å². The Morgan fingerprint density at radius 2 is 1.68 bits per heavy atom. The molecular weight excluding hydrogens is 249 g/mol. The molecule has 6 heteroatoms. The summed E-state index contributed by atoms with van der Waals surface area (Å²) in [6.07, 6.45) is 0. The number of rotatable bonds is 2. The van der Waals surface area contributed by atoms with Crippen LogP contribution >= 0.6 is 0 Å². The van der Waals surface area contributed by atoms with Gasteiger partial charge in [-0.25, -0.2) is 4.39 Å². The molecule has 102 valence electrons. The Labute approximate surface area is 110 Å². The van der Waals surface area contributed by atoms with E-state index in [4.69, 9.17) is 5.73 Å². The Morgan fingerprint density at radius 3 is 2.26 bits per heavy atom. The van der Waals surface area contributed by atoms with Gasteiger partial charge in [0.1, 0.15) is 5.82 Å². The fraction of sp³-hybridized carbons (Fsp3) is 0.385. The van der Waals surface area contributed by atoms with Crippen molar-refractivity contribution in [2.45, 2.75) is 0 Å². The van der Waals surface area contributed by atoms with E-state index >= 15 is 0 Å². The van der Waals surface area contributed by atoms with Crippen LogP contribution in [0.4, 0.5) is 4.39 Å². The van der Waals surface area contributed by atoms with Gasteiger partial charge >= 0.3 is 0 Å². The molecule has 2 N–H and O–H groups in total. The normalized spacial score (nSPS) is 15.5. The van der Waals surface area contributed by atoms with Gasteiger partial charge in [-0.1, -0.05) is 12.1 Å². The lowest BCUT2D eigenvalue weighted by molar-refractivity contribution is -0.131. The molecule has 0 unspecified atom stereocenters. The average Bonchev–Trinajstić information content (AvgIpc) is 2.46. The molecule has 0 bridgehead atoms. The SMILES string of the molecule is NCC(=O)N1CCN(C(=O)c2ccccc2F)CC1. The molecule has 0 saturated carbocycles. The number of amides is 2. The molecule has 1 saturated heterocycles. The number of piperazine rings is 1. The van der Waals surface area contributed by atoms with Gasteiger partial charge < -0.3 is 15.5 Å². The first kappa shape index (κ1) is 13.5. The van der Waals surface area contributed by atoms with E-state index in [1.54, 1.807) is 21.9 Å². The Kier molecular flexibility index (Phi) is 4.11. The molecule has 19 heavy (non-hydrogen) atoms. The summed E-state index contributed by atoms with van der Waals surface area (Å²) in [4.78, 5) is 26.7. The third-order valence-electron chi connectivity index (χ3n) is 3.20. The van der Waals surface area contributed by atoms with Gasteiger partial charge in [-0.3, -0.25) is 9.59 Å². The van der Waals surface area contributed by atoms with Crippen molar-refractivity contribution in [2.24, 2.45) is 5.73 Å². The number of hydrogen-bond donors (Lipinski definition) is 1. The number of carbonyl (C=O) groups is 2. The summed E-state index contributed by atoms with van der Waals surface area (Å²) >= 11 is 0. The summed E-state index contributed by atoms with van der Waals surface area (Å²) in [5.41, 5.74) is 5.36. The van der Waals surface area contributed by atoms with Crippen molar-refractivity contribution in [3.05, 3.63) is 35.6 Å². The number of benzene rings is 1. The monoisotopic (exact) mass is 265 g/mol. The lowest BCUT2D eigenvalue weighted by Crippen LogP contribution is -2.52. The van der Waals surface area contributed by atoms with Crippen molar-refractivity contribution in [1.82, 2.24) is 9.80 Å². The van der Waals surface area contributed by atoms with Crippen molar-refractivity contribution in [2.75, 3.05) is 32.7 Å². The van der Waals surface area contributed by atoms with Crippen LogP contribution in [0.15, 0.2) is 24.3 Å². The Bertz CT molecular complexity index is 485. The topological polar surface area (TPSA) is 66.6 Å². The van der Waals surface area contributed by atoms with Crippen molar-refractivity contribution in [3.8, 4) is 0 Å². The number of nitrogens with zero attached hydrogens (tertiary/aromatic N) is 2. The van der Waals surface area contributed by atoms with Crippen molar-refractivity contribution >= 4 is 11.8 Å². The van der Waals surface area contributed by atoms with Gasteiger partial charge in [-0.15, -0.1) is 0 Å². The molecule has 0 aromatic heterocycles. The summed E-state index contributed by atoms with van der Waals surface area (Å²) in [5, 5.41) is 0. The summed E-state index contributed by atoms with van der Waals surface area (Å²) in [7, 11) is 0. The molecule has 1 aromatic carbocycles. The molecule has 1 fully saturated rings. The fourth-order valence-electron chi connectivity index (χ4n) is 2.09. The standard InChI is InChI=1S/C13H16FN3O2/c14-11-4-2-1-3-10(11)13(19)17-7-5-16(6-8-17)12(18)9-15/h1-4H,5-9,15H2. The van der Waals surface area contributed by atoms with E-state index in [1.165, 1.54) is 12.1 Å². The van der Waals surface area contributed by atoms with Crippen molar-refractivity contribution < 1.29 is 14.0 Å². The molecule has 0 radical (unpaired) electrons. The molecule has 1 aliphatic rings. The molecule has 1 aromatic rings. The fourth-order valence-corrected chi connectivity index (χ4v) is 2.09. The van der Waals surface area contributed by atoms with Gasteiger partial charge in [0.25, 0.3) is 5.91 Å². The Hall–Kier alpha value is -1.95. The number of halogens is 1. The molecular formula is C13H16FN3O2. The summed E-state index contributed by atoms with van der Waals surface area (Å²) < 4.78 is 13.5. The van der Waals surface area contributed by atoms with Crippen LogP contribution in [-0.2, 0) is 4.79 Å². The van der Waals surface area contributed by atoms with Gasteiger partial charge in [-0.05, 0) is 12.1 Å². The number of nitrogens with two attached hydrogens (primary N) is 1.